The summed E-state index contributed by atoms with van der Waals surface area (Å²) in [5.74, 6) is 0.708. The van der Waals surface area contributed by atoms with Gasteiger partial charge >= 0.3 is 0 Å². The minimum absolute atomic E-state index is 0.00140. The zero-order chi connectivity index (χ0) is 25.8. The van der Waals surface area contributed by atoms with E-state index >= 15 is 0 Å². The molecule has 1 aromatic rings. The number of hydrogen-bond donors (Lipinski definition) is 1. The Labute approximate surface area is 225 Å². The van der Waals surface area contributed by atoms with Crippen molar-refractivity contribution in [3.63, 3.8) is 0 Å². The van der Waals surface area contributed by atoms with Crippen molar-refractivity contribution >= 4 is 17.5 Å². The van der Waals surface area contributed by atoms with Crippen LogP contribution in [0.3, 0.4) is 0 Å². The number of nitrogens with zero attached hydrogens (tertiary/aromatic N) is 1. The van der Waals surface area contributed by atoms with Crippen LogP contribution in [-0.4, -0.2) is 37.0 Å². The molecule has 1 heterocycles. The Balaban J connectivity index is 1.53. The molecule has 36 heavy (non-hydrogen) atoms. The van der Waals surface area contributed by atoms with Crippen LogP contribution in [-0.2, 0) is 11.2 Å². The molecule has 202 valence electrons. The maximum Gasteiger partial charge on any atom is 0.224 e. The summed E-state index contributed by atoms with van der Waals surface area (Å²) in [5, 5.41) is 3.59. The summed E-state index contributed by atoms with van der Waals surface area (Å²) < 4.78 is 5.89. The van der Waals surface area contributed by atoms with Crippen LogP contribution < -0.4 is 10.1 Å². The number of carbonyl (C=O) groups excluding carboxylic acids is 1. The van der Waals surface area contributed by atoms with Gasteiger partial charge in [-0.25, -0.2) is 0 Å². The molecule has 4 nitrogen and oxygen atoms in total. The van der Waals surface area contributed by atoms with Crippen molar-refractivity contribution in [3.8, 4) is 5.75 Å². The van der Waals surface area contributed by atoms with E-state index in [-0.39, 0.29) is 5.91 Å². The molecule has 5 heteroatoms. The second-order valence-corrected chi connectivity index (χ2v) is 10.5. The van der Waals surface area contributed by atoms with Gasteiger partial charge in [0.25, 0.3) is 0 Å². The van der Waals surface area contributed by atoms with Gasteiger partial charge in [-0.2, -0.15) is 0 Å². The fourth-order valence-electron chi connectivity index (χ4n) is 4.49. The highest BCUT2D eigenvalue weighted by molar-refractivity contribution is 6.32. The lowest BCUT2D eigenvalue weighted by molar-refractivity contribution is -0.120. The minimum atomic E-state index is 0.00140. The third-order valence-electron chi connectivity index (χ3n) is 6.70. The lowest BCUT2D eigenvalue weighted by Crippen LogP contribution is -2.28. The number of amides is 1. The molecule has 0 spiro atoms. The predicted octanol–water partition coefficient (Wildman–Crippen LogP) is 8.24. The van der Waals surface area contributed by atoms with E-state index < -0.39 is 0 Å². The number of hydrogen-bond acceptors (Lipinski definition) is 3. The molecule has 0 atom stereocenters. The predicted molar refractivity (Wildman–Crippen MR) is 154 cm³/mol. The molecule has 0 saturated heterocycles. The third kappa shape index (κ3) is 13.4. The highest BCUT2D eigenvalue weighted by atomic mass is 35.5. The SMILES string of the molecule is CCCCCCCCCCCCCCOc1ccc(CC(=O)NCC2=CCN(CCC)C=C2)cc1Cl. The topological polar surface area (TPSA) is 41.6 Å². The van der Waals surface area contributed by atoms with E-state index in [1.54, 1.807) is 0 Å². The third-order valence-corrected chi connectivity index (χ3v) is 7.00. The molecule has 0 radical (unpaired) electrons. The zero-order valence-corrected chi connectivity index (χ0v) is 23.6. The largest absolute Gasteiger partial charge is 0.492 e. The first kappa shape index (κ1) is 30.3. The van der Waals surface area contributed by atoms with Crippen LogP contribution in [0.2, 0.25) is 5.02 Å². The average molecular weight is 517 g/mol. The summed E-state index contributed by atoms with van der Waals surface area (Å²) in [6, 6.07) is 5.67. The Morgan fingerprint density at radius 2 is 1.61 bits per heavy atom. The molecular weight excluding hydrogens is 468 g/mol. The van der Waals surface area contributed by atoms with Gasteiger partial charge in [-0.15, -0.1) is 0 Å². The number of carbonyl (C=O) groups is 1. The lowest BCUT2D eigenvalue weighted by atomic mass is 10.1. The molecule has 1 aliphatic heterocycles. The number of unbranched alkanes of at least 4 members (excludes halogenated alkanes) is 11. The summed E-state index contributed by atoms with van der Waals surface area (Å²) in [7, 11) is 0. The molecule has 1 aliphatic rings. The first-order valence-electron chi connectivity index (χ1n) is 14.4. The minimum Gasteiger partial charge on any atom is -0.492 e. The monoisotopic (exact) mass is 516 g/mol. The molecule has 2 rings (SSSR count). The van der Waals surface area contributed by atoms with Crippen LogP contribution in [0, 0.1) is 0 Å². The van der Waals surface area contributed by atoms with Gasteiger partial charge in [0.05, 0.1) is 18.1 Å². The molecular formula is C31H49ClN2O2. The van der Waals surface area contributed by atoms with Crippen molar-refractivity contribution in [3.05, 3.63) is 52.7 Å². The zero-order valence-electron chi connectivity index (χ0n) is 22.8. The summed E-state index contributed by atoms with van der Waals surface area (Å²) in [5.41, 5.74) is 2.05. The van der Waals surface area contributed by atoms with E-state index in [4.69, 9.17) is 16.3 Å². The fraction of sp³-hybridized carbons (Fsp3) is 0.645. The number of rotatable bonds is 20. The van der Waals surface area contributed by atoms with Gasteiger partial charge in [-0.1, -0.05) is 108 Å². The molecule has 0 bridgehead atoms. The normalized spacial score (nSPS) is 13.1. The first-order valence-corrected chi connectivity index (χ1v) is 14.8. The fourth-order valence-corrected chi connectivity index (χ4v) is 4.75. The smallest absolute Gasteiger partial charge is 0.224 e. The summed E-state index contributed by atoms with van der Waals surface area (Å²) in [6.07, 6.45) is 23.8. The average Bonchev–Trinajstić information content (AvgIpc) is 2.87. The van der Waals surface area contributed by atoms with Gasteiger partial charge in [-0.05, 0) is 48.4 Å². The van der Waals surface area contributed by atoms with Crippen molar-refractivity contribution in [2.75, 3.05) is 26.2 Å². The summed E-state index contributed by atoms with van der Waals surface area (Å²) >= 11 is 6.42. The van der Waals surface area contributed by atoms with Crippen LogP contribution in [0.1, 0.15) is 103 Å². The van der Waals surface area contributed by atoms with Crippen molar-refractivity contribution < 1.29 is 9.53 Å². The van der Waals surface area contributed by atoms with E-state index in [1.807, 2.05) is 18.2 Å². The molecule has 1 amide bonds. The summed E-state index contributed by atoms with van der Waals surface area (Å²) in [4.78, 5) is 14.7. The standard InChI is InChI=1S/C31H49ClN2O2/c1-3-5-6-7-8-9-10-11-12-13-14-15-23-36-30-17-16-28(24-29(30)32)25-31(35)33-26-27-18-21-34(20-4-2)22-19-27/h16-19,21,24H,3-15,20,22-23,25-26H2,1-2H3,(H,33,35). The number of ether oxygens (including phenoxy) is 1. The highest BCUT2D eigenvalue weighted by Gasteiger charge is 2.09. The van der Waals surface area contributed by atoms with Crippen molar-refractivity contribution in [1.29, 1.82) is 0 Å². The molecule has 0 unspecified atom stereocenters. The van der Waals surface area contributed by atoms with Gasteiger partial charge in [-0.3, -0.25) is 4.79 Å². The number of benzene rings is 1. The lowest BCUT2D eigenvalue weighted by Gasteiger charge is -2.22. The molecule has 1 aromatic carbocycles. The number of halogens is 1. The molecule has 1 N–H and O–H groups in total. The van der Waals surface area contributed by atoms with Gasteiger partial charge in [0.2, 0.25) is 5.91 Å². The van der Waals surface area contributed by atoms with Gasteiger partial charge in [0.1, 0.15) is 5.75 Å². The van der Waals surface area contributed by atoms with E-state index in [9.17, 15) is 4.79 Å². The van der Waals surface area contributed by atoms with Crippen LogP contribution >= 0.6 is 11.6 Å². The van der Waals surface area contributed by atoms with E-state index in [2.05, 4.69) is 42.4 Å². The Hall–Kier alpha value is -1.94. The van der Waals surface area contributed by atoms with E-state index in [0.717, 1.165) is 37.1 Å². The van der Waals surface area contributed by atoms with Crippen LogP contribution in [0.15, 0.2) is 42.1 Å². The molecule has 0 aliphatic carbocycles. The van der Waals surface area contributed by atoms with Gasteiger partial charge in [0.15, 0.2) is 0 Å². The second-order valence-electron chi connectivity index (χ2n) is 10.0. The van der Waals surface area contributed by atoms with Gasteiger partial charge in [0, 0.05) is 19.6 Å². The Morgan fingerprint density at radius 1 is 0.944 bits per heavy atom. The second kappa shape index (κ2) is 19.2. The Morgan fingerprint density at radius 3 is 2.19 bits per heavy atom. The molecule has 0 fully saturated rings. The van der Waals surface area contributed by atoms with Crippen LogP contribution in [0.4, 0.5) is 0 Å². The highest BCUT2D eigenvalue weighted by Crippen LogP contribution is 2.26. The van der Waals surface area contributed by atoms with Gasteiger partial charge < -0.3 is 15.0 Å². The molecule has 0 saturated carbocycles. The maximum absolute atomic E-state index is 12.4. The van der Waals surface area contributed by atoms with Crippen LogP contribution in [0.5, 0.6) is 5.75 Å². The van der Waals surface area contributed by atoms with E-state index in [0.29, 0.717) is 30.3 Å². The Kier molecular flexibility index (Phi) is 16.2. The summed E-state index contributed by atoms with van der Waals surface area (Å²) in [6.45, 7) is 7.67. The Bertz CT molecular complexity index is 806. The quantitative estimate of drug-likeness (QED) is 0.177. The van der Waals surface area contributed by atoms with Crippen molar-refractivity contribution in [2.24, 2.45) is 0 Å². The van der Waals surface area contributed by atoms with Crippen molar-refractivity contribution in [2.45, 2.75) is 104 Å². The van der Waals surface area contributed by atoms with Crippen molar-refractivity contribution in [1.82, 2.24) is 10.2 Å². The molecule has 0 aromatic heterocycles. The van der Waals surface area contributed by atoms with E-state index in [1.165, 1.54) is 70.6 Å². The first-order chi connectivity index (χ1) is 17.6. The number of nitrogens with one attached hydrogen (secondary N) is 1. The van der Waals surface area contributed by atoms with Crippen LogP contribution in [0.25, 0.3) is 0 Å². The maximum atomic E-state index is 12.4.